The average molecular weight is 354 g/mol. The third-order valence-electron chi connectivity index (χ3n) is 4.25. The number of para-hydroxylation sites is 1. The number of amides is 2. The van der Waals surface area contributed by atoms with Gasteiger partial charge < -0.3 is 10.2 Å². The highest BCUT2D eigenvalue weighted by atomic mass is 32.2. The van der Waals surface area contributed by atoms with Crippen LogP contribution in [0, 0.1) is 5.92 Å². The van der Waals surface area contributed by atoms with Gasteiger partial charge in [0.1, 0.15) is 6.04 Å². The fourth-order valence-electron chi connectivity index (χ4n) is 2.89. The van der Waals surface area contributed by atoms with Crippen LogP contribution < -0.4 is 10.2 Å². The molecule has 2 aromatic rings. The van der Waals surface area contributed by atoms with E-state index in [0.29, 0.717) is 12.1 Å². The second kappa shape index (κ2) is 7.74. The summed E-state index contributed by atoms with van der Waals surface area (Å²) < 4.78 is 0. The number of hydrogen-bond acceptors (Lipinski definition) is 3. The van der Waals surface area contributed by atoms with Crippen molar-refractivity contribution in [2.24, 2.45) is 5.92 Å². The summed E-state index contributed by atoms with van der Waals surface area (Å²) in [7, 11) is 0. The molecule has 0 fully saturated rings. The number of rotatable bonds is 4. The average Bonchev–Trinajstić information content (AvgIpc) is 2.65. The third kappa shape index (κ3) is 3.87. The van der Waals surface area contributed by atoms with Gasteiger partial charge in [-0.2, -0.15) is 0 Å². The number of carbonyl (C=O) groups is 2. The normalized spacial score (nSPS) is 14.8. The molecule has 0 spiro atoms. The van der Waals surface area contributed by atoms with Crippen molar-refractivity contribution in [1.29, 1.82) is 0 Å². The Bertz CT molecular complexity index is 761. The Labute approximate surface area is 152 Å². The lowest BCUT2D eigenvalue weighted by molar-refractivity contribution is -0.121. The molecule has 0 radical (unpaired) electrons. The highest BCUT2D eigenvalue weighted by Gasteiger charge is 2.32. The molecule has 1 unspecified atom stereocenters. The first-order valence-electron chi connectivity index (χ1n) is 8.47. The fraction of sp³-hybridized carbons (Fsp3) is 0.300. The number of fused-ring (bicyclic) bond motifs is 1. The molecule has 0 saturated heterocycles. The second-order valence-corrected chi connectivity index (χ2v) is 7.50. The van der Waals surface area contributed by atoms with E-state index >= 15 is 0 Å². The van der Waals surface area contributed by atoms with Gasteiger partial charge >= 0.3 is 0 Å². The summed E-state index contributed by atoms with van der Waals surface area (Å²) in [6.45, 7) is 4.57. The minimum Gasteiger partial charge on any atom is -0.340 e. The van der Waals surface area contributed by atoms with Gasteiger partial charge in [-0.3, -0.25) is 9.59 Å². The van der Waals surface area contributed by atoms with Crippen molar-refractivity contribution >= 4 is 29.3 Å². The van der Waals surface area contributed by atoms with Crippen LogP contribution in [0.15, 0.2) is 59.5 Å². The number of benzene rings is 2. The number of nitrogens with zero attached hydrogens (tertiary/aromatic N) is 1. The molecule has 1 N–H and O–H groups in total. The predicted molar refractivity (Wildman–Crippen MR) is 102 cm³/mol. The molecule has 1 aliphatic heterocycles. The van der Waals surface area contributed by atoms with Crippen LogP contribution >= 0.6 is 11.8 Å². The van der Waals surface area contributed by atoms with Crippen LogP contribution in [-0.4, -0.2) is 30.2 Å². The molecule has 130 valence electrons. The summed E-state index contributed by atoms with van der Waals surface area (Å²) in [5.74, 6) is 0.599. The molecule has 2 aromatic carbocycles. The lowest BCUT2D eigenvalue weighted by Gasteiger charge is -2.33. The Hall–Kier alpha value is -2.27. The quantitative estimate of drug-likeness (QED) is 0.913. The van der Waals surface area contributed by atoms with Gasteiger partial charge in [0.05, 0.1) is 5.69 Å². The predicted octanol–water partition coefficient (Wildman–Crippen LogP) is 3.58. The van der Waals surface area contributed by atoms with E-state index in [1.165, 1.54) is 0 Å². The van der Waals surface area contributed by atoms with Gasteiger partial charge in [0.25, 0.3) is 5.91 Å². The zero-order valence-electron chi connectivity index (χ0n) is 14.4. The van der Waals surface area contributed by atoms with Crippen LogP contribution in [0.5, 0.6) is 0 Å². The molecule has 5 heteroatoms. The van der Waals surface area contributed by atoms with E-state index in [1.54, 1.807) is 23.9 Å². The van der Waals surface area contributed by atoms with E-state index < -0.39 is 6.04 Å². The highest BCUT2D eigenvalue weighted by Crippen LogP contribution is 2.34. The zero-order chi connectivity index (χ0) is 17.8. The Morgan fingerprint density at radius 2 is 1.72 bits per heavy atom. The first-order chi connectivity index (χ1) is 12.1. The second-order valence-electron chi connectivity index (χ2n) is 6.37. The van der Waals surface area contributed by atoms with Gasteiger partial charge in [-0.1, -0.05) is 44.2 Å². The van der Waals surface area contributed by atoms with Crippen molar-refractivity contribution in [3.8, 4) is 0 Å². The molecule has 2 amide bonds. The van der Waals surface area contributed by atoms with E-state index in [4.69, 9.17) is 0 Å². The van der Waals surface area contributed by atoms with Gasteiger partial charge in [-0.25, -0.2) is 0 Å². The van der Waals surface area contributed by atoms with Gasteiger partial charge in [-0.15, -0.1) is 11.8 Å². The minimum atomic E-state index is -0.552. The monoisotopic (exact) mass is 354 g/mol. The third-order valence-corrected chi connectivity index (χ3v) is 5.29. The fourth-order valence-corrected chi connectivity index (χ4v) is 3.89. The first-order valence-corrected chi connectivity index (χ1v) is 9.45. The molecule has 0 saturated carbocycles. The van der Waals surface area contributed by atoms with Crippen LogP contribution in [0.4, 0.5) is 5.69 Å². The van der Waals surface area contributed by atoms with E-state index in [0.717, 1.165) is 16.3 Å². The molecule has 4 nitrogen and oxygen atoms in total. The van der Waals surface area contributed by atoms with E-state index in [-0.39, 0.29) is 17.7 Å². The number of hydrogen-bond donors (Lipinski definition) is 1. The van der Waals surface area contributed by atoms with Gasteiger partial charge in [0, 0.05) is 22.8 Å². The number of anilines is 1. The molecule has 25 heavy (non-hydrogen) atoms. The Morgan fingerprint density at radius 1 is 1.04 bits per heavy atom. The summed E-state index contributed by atoms with van der Waals surface area (Å²) >= 11 is 1.76. The zero-order valence-corrected chi connectivity index (χ0v) is 15.3. The maximum absolute atomic E-state index is 13.2. The molecule has 3 rings (SSSR count). The molecule has 0 aliphatic carbocycles. The molecule has 0 bridgehead atoms. The smallest absolute Gasteiger partial charge is 0.251 e. The molecular weight excluding hydrogens is 332 g/mol. The summed E-state index contributed by atoms with van der Waals surface area (Å²) in [5, 5.41) is 2.92. The SMILES string of the molecule is CC(C)C(NC(=O)c1ccccc1)C(=O)N1CCSc2ccccc21. The minimum absolute atomic E-state index is 0.00176. The Morgan fingerprint density at radius 3 is 2.44 bits per heavy atom. The standard InChI is InChI=1S/C20H22N2O2S/c1-14(2)18(21-19(23)15-8-4-3-5-9-15)20(24)22-12-13-25-17-11-7-6-10-16(17)22/h3-11,14,18H,12-13H2,1-2H3,(H,21,23). The molecular formula is C20H22N2O2S. The van der Waals surface area contributed by atoms with Crippen LogP contribution in [-0.2, 0) is 4.79 Å². The van der Waals surface area contributed by atoms with Crippen molar-refractivity contribution in [3.05, 3.63) is 60.2 Å². The maximum atomic E-state index is 13.2. The molecule has 0 aromatic heterocycles. The number of thioether (sulfide) groups is 1. The molecule has 1 atom stereocenters. The summed E-state index contributed by atoms with van der Waals surface area (Å²) in [6.07, 6.45) is 0. The summed E-state index contributed by atoms with van der Waals surface area (Å²) in [6, 6.07) is 16.4. The largest absolute Gasteiger partial charge is 0.340 e. The van der Waals surface area contributed by atoms with Crippen molar-refractivity contribution in [1.82, 2.24) is 5.32 Å². The van der Waals surface area contributed by atoms with E-state index in [2.05, 4.69) is 5.32 Å². The summed E-state index contributed by atoms with van der Waals surface area (Å²) in [5.41, 5.74) is 1.50. The van der Waals surface area contributed by atoms with Crippen molar-refractivity contribution in [3.63, 3.8) is 0 Å². The lowest BCUT2D eigenvalue weighted by Crippen LogP contribution is -2.52. The van der Waals surface area contributed by atoms with Crippen molar-refractivity contribution in [2.45, 2.75) is 24.8 Å². The molecule has 1 aliphatic rings. The van der Waals surface area contributed by atoms with E-state index in [9.17, 15) is 9.59 Å². The number of nitrogens with one attached hydrogen (secondary N) is 1. The van der Waals surface area contributed by atoms with Gasteiger partial charge in [0.15, 0.2) is 0 Å². The first kappa shape index (κ1) is 17.5. The molecule has 1 heterocycles. The maximum Gasteiger partial charge on any atom is 0.251 e. The Kier molecular flexibility index (Phi) is 5.43. The number of carbonyl (C=O) groups excluding carboxylic acids is 2. The topological polar surface area (TPSA) is 49.4 Å². The van der Waals surface area contributed by atoms with Crippen LogP contribution in [0.3, 0.4) is 0 Å². The van der Waals surface area contributed by atoms with Crippen LogP contribution in [0.1, 0.15) is 24.2 Å². The van der Waals surface area contributed by atoms with Crippen LogP contribution in [0.2, 0.25) is 0 Å². The van der Waals surface area contributed by atoms with Gasteiger partial charge in [-0.05, 0) is 30.2 Å². The van der Waals surface area contributed by atoms with Gasteiger partial charge in [0.2, 0.25) is 5.91 Å². The Balaban J connectivity index is 1.82. The lowest BCUT2D eigenvalue weighted by atomic mass is 10.0. The van der Waals surface area contributed by atoms with Crippen molar-refractivity contribution in [2.75, 3.05) is 17.2 Å². The summed E-state index contributed by atoms with van der Waals surface area (Å²) in [4.78, 5) is 28.6. The van der Waals surface area contributed by atoms with Crippen LogP contribution in [0.25, 0.3) is 0 Å². The van der Waals surface area contributed by atoms with E-state index in [1.807, 2.05) is 61.2 Å². The van der Waals surface area contributed by atoms with Crippen molar-refractivity contribution < 1.29 is 9.59 Å². The highest BCUT2D eigenvalue weighted by molar-refractivity contribution is 7.99.